The fourth-order valence-electron chi connectivity index (χ4n) is 3.86. The van der Waals surface area contributed by atoms with E-state index in [1.54, 1.807) is 26.8 Å². The number of fused-ring (bicyclic) bond motifs is 2. The molecule has 0 aromatic heterocycles. The molecule has 25 heavy (non-hydrogen) atoms. The predicted octanol–water partition coefficient (Wildman–Crippen LogP) is 3.96. The Labute approximate surface area is 143 Å². The second kappa shape index (κ2) is 5.22. The third-order valence-electron chi connectivity index (χ3n) is 6.04. The number of hydrogen-bond donors (Lipinski definition) is 0. The van der Waals surface area contributed by atoms with E-state index >= 15 is 0 Å². The number of rotatable bonds is 3. The zero-order chi connectivity index (χ0) is 18.7. The minimum absolute atomic E-state index is 0.153. The van der Waals surface area contributed by atoms with E-state index in [2.05, 4.69) is 0 Å². The molecule has 2 aliphatic rings. The lowest BCUT2D eigenvalue weighted by Crippen LogP contribution is -2.50. The number of esters is 2. The second-order valence-electron chi connectivity index (χ2n) is 7.41. The molecule has 1 aromatic rings. The summed E-state index contributed by atoms with van der Waals surface area (Å²) < 4.78 is 50.5. The molecule has 7 heteroatoms. The van der Waals surface area contributed by atoms with Crippen molar-refractivity contribution in [2.45, 2.75) is 51.5 Å². The highest BCUT2D eigenvalue weighted by Crippen LogP contribution is 2.66. The van der Waals surface area contributed by atoms with E-state index in [1.165, 1.54) is 24.3 Å². The van der Waals surface area contributed by atoms with Gasteiger partial charge in [-0.3, -0.25) is 4.79 Å². The number of carbonyl (C=O) groups excluding carboxylic acids is 2. The number of alkyl halides is 3. The Bertz CT molecular complexity index is 713. The van der Waals surface area contributed by atoms with Crippen LogP contribution in [0.1, 0.15) is 45.3 Å². The monoisotopic (exact) mass is 356 g/mol. The third-order valence-corrected chi connectivity index (χ3v) is 6.04. The van der Waals surface area contributed by atoms with Gasteiger partial charge in [-0.1, -0.05) is 44.2 Å². The molecule has 0 N–H and O–H groups in total. The topological polar surface area (TPSA) is 52.6 Å². The van der Waals surface area contributed by atoms with Crippen LogP contribution in [0.15, 0.2) is 30.3 Å². The van der Waals surface area contributed by atoms with Crippen LogP contribution in [0.25, 0.3) is 0 Å². The van der Waals surface area contributed by atoms with Crippen molar-refractivity contribution in [3.63, 3.8) is 0 Å². The molecular formula is C18H19F3O4. The Morgan fingerprint density at radius 2 is 1.76 bits per heavy atom. The molecule has 3 rings (SSSR count). The Hall–Kier alpha value is -2.05. The maximum Gasteiger partial charge on any atom is 0.429 e. The van der Waals surface area contributed by atoms with E-state index in [-0.39, 0.29) is 12.0 Å². The van der Waals surface area contributed by atoms with Crippen LogP contribution in [-0.2, 0) is 19.1 Å². The summed E-state index contributed by atoms with van der Waals surface area (Å²) in [6, 6.07) is 6.93. The first-order chi connectivity index (χ1) is 11.5. The molecule has 0 spiro atoms. The first-order valence-electron chi connectivity index (χ1n) is 8.02. The molecule has 2 fully saturated rings. The van der Waals surface area contributed by atoms with Crippen molar-refractivity contribution in [2.24, 2.45) is 10.8 Å². The van der Waals surface area contributed by atoms with Gasteiger partial charge in [0.2, 0.25) is 11.7 Å². The third kappa shape index (κ3) is 2.28. The number of benzene rings is 1. The van der Waals surface area contributed by atoms with Crippen molar-refractivity contribution >= 4 is 11.9 Å². The van der Waals surface area contributed by atoms with Gasteiger partial charge in [-0.2, -0.15) is 13.2 Å². The van der Waals surface area contributed by atoms with Crippen LogP contribution >= 0.6 is 0 Å². The molecule has 1 saturated carbocycles. The van der Waals surface area contributed by atoms with Gasteiger partial charge in [0.25, 0.3) is 0 Å². The van der Waals surface area contributed by atoms with Gasteiger partial charge >= 0.3 is 18.1 Å². The highest BCUT2D eigenvalue weighted by atomic mass is 19.4. The molecule has 0 amide bonds. The minimum atomic E-state index is -4.78. The summed E-state index contributed by atoms with van der Waals surface area (Å²) in [5.41, 5.74) is -3.73. The quantitative estimate of drug-likeness (QED) is 0.770. The van der Waals surface area contributed by atoms with Crippen LogP contribution in [0.3, 0.4) is 0 Å². The molecule has 2 unspecified atom stereocenters. The summed E-state index contributed by atoms with van der Waals surface area (Å²) in [6.07, 6.45) is -6.66. The number of hydrogen-bond acceptors (Lipinski definition) is 4. The molecule has 1 aliphatic heterocycles. The van der Waals surface area contributed by atoms with Gasteiger partial charge in [0.15, 0.2) is 0 Å². The maximum atomic E-state index is 13.5. The molecule has 1 aliphatic carbocycles. The van der Waals surface area contributed by atoms with Crippen molar-refractivity contribution < 1.29 is 32.2 Å². The normalized spacial score (nSPS) is 31.5. The lowest BCUT2D eigenvalue weighted by molar-refractivity contribution is -0.236. The van der Waals surface area contributed by atoms with E-state index in [1.807, 2.05) is 0 Å². The molecule has 1 aromatic carbocycles. The molecule has 0 radical (unpaired) electrons. The van der Waals surface area contributed by atoms with E-state index < -0.39 is 40.6 Å². The van der Waals surface area contributed by atoms with Crippen LogP contribution < -0.4 is 0 Å². The summed E-state index contributed by atoms with van der Waals surface area (Å²) in [4.78, 5) is 24.9. The van der Waals surface area contributed by atoms with Crippen molar-refractivity contribution in [3.05, 3.63) is 35.9 Å². The van der Waals surface area contributed by atoms with Gasteiger partial charge in [0.1, 0.15) is 0 Å². The molecular weight excluding hydrogens is 337 g/mol. The SMILES string of the molecule is CC12CC[C@](C(=O)OC(c3ccccc3)C(F)(F)F)(OC1=O)C2(C)C. The largest absolute Gasteiger partial charge is 0.446 e. The minimum Gasteiger partial charge on any atom is -0.446 e. The zero-order valence-electron chi connectivity index (χ0n) is 14.1. The molecule has 3 atom stereocenters. The maximum absolute atomic E-state index is 13.5. The lowest BCUT2D eigenvalue weighted by atomic mass is 9.66. The standard InChI is InChI=1S/C18H19F3O4/c1-15(2)16(3)9-10-17(15,25-13(16)22)14(23)24-12(18(19,20)21)11-7-5-4-6-8-11/h4-8,12H,9-10H2,1-3H3/t12?,16?,17-/m1/s1. The van der Waals surface area contributed by atoms with Gasteiger partial charge in [-0.05, 0) is 19.8 Å². The summed E-state index contributed by atoms with van der Waals surface area (Å²) in [6.45, 7) is 5.00. The average molecular weight is 356 g/mol. The van der Waals surface area contributed by atoms with Crippen molar-refractivity contribution in [1.82, 2.24) is 0 Å². The fourth-order valence-corrected chi connectivity index (χ4v) is 3.86. The number of halogens is 3. The smallest absolute Gasteiger partial charge is 0.429 e. The Kier molecular flexibility index (Phi) is 3.71. The Morgan fingerprint density at radius 3 is 2.20 bits per heavy atom. The van der Waals surface area contributed by atoms with E-state index in [9.17, 15) is 22.8 Å². The van der Waals surface area contributed by atoms with Crippen LogP contribution in [0.2, 0.25) is 0 Å². The fraction of sp³-hybridized carbons (Fsp3) is 0.556. The zero-order valence-corrected chi connectivity index (χ0v) is 14.1. The number of carbonyl (C=O) groups is 2. The van der Waals surface area contributed by atoms with Crippen LogP contribution in [0.5, 0.6) is 0 Å². The first kappa shape index (κ1) is 17.8. The number of ether oxygens (including phenoxy) is 2. The lowest BCUT2D eigenvalue weighted by Gasteiger charge is -2.35. The van der Waals surface area contributed by atoms with E-state index in [0.717, 1.165) is 0 Å². The van der Waals surface area contributed by atoms with Gasteiger partial charge < -0.3 is 9.47 Å². The van der Waals surface area contributed by atoms with Gasteiger partial charge in [-0.25, -0.2) is 4.79 Å². The van der Waals surface area contributed by atoms with E-state index in [0.29, 0.717) is 6.42 Å². The molecule has 1 heterocycles. The molecule has 4 nitrogen and oxygen atoms in total. The van der Waals surface area contributed by atoms with E-state index in [4.69, 9.17) is 9.47 Å². The van der Waals surface area contributed by atoms with Crippen molar-refractivity contribution in [2.75, 3.05) is 0 Å². The van der Waals surface area contributed by atoms with Crippen molar-refractivity contribution in [3.8, 4) is 0 Å². The summed E-state index contributed by atoms with van der Waals surface area (Å²) in [5.74, 6) is -1.71. The van der Waals surface area contributed by atoms with Gasteiger partial charge in [-0.15, -0.1) is 0 Å². The summed E-state index contributed by atoms with van der Waals surface area (Å²) in [7, 11) is 0. The highest BCUT2D eigenvalue weighted by Gasteiger charge is 2.76. The van der Waals surface area contributed by atoms with Crippen LogP contribution in [-0.4, -0.2) is 23.7 Å². The molecule has 2 bridgehead atoms. The first-order valence-corrected chi connectivity index (χ1v) is 8.02. The van der Waals surface area contributed by atoms with Crippen LogP contribution in [0.4, 0.5) is 13.2 Å². The van der Waals surface area contributed by atoms with Gasteiger partial charge in [0, 0.05) is 11.0 Å². The summed E-state index contributed by atoms with van der Waals surface area (Å²) in [5, 5.41) is 0. The average Bonchev–Trinajstić information content (AvgIpc) is 2.82. The highest BCUT2D eigenvalue weighted by molar-refractivity contribution is 5.93. The predicted molar refractivity (Wildman–Crippen MR) is 81.3 cm³/mol. The van der Waals surface area contributed by atoms with Crippen LogP contribution in [0, 0.1) is 10.8 Å². The molecule has 136 valence electrons. The Morgan fingerprint density at radius 1 is 1.16 bits per heavy atom. The Balaban J connectivity index is 1.95. The van der Waals surface area contributed by atoms with Gasteiger partial charge in [0.05, 0.1) is 5.41 Å². The van der Waals surface area contributed by atoms with Crippen molar-refractivity contribution in [1.29, 1.82) is 0 Å². The second-order valence-corrected chi connectivity index (χ2v) is 7.41. The molecule has 1 saturated heterocycles. The summed E-state index contributed by atoms with van der Waals surface area (Å²) >= 11 is 0.